The standard InChI is InChI=1S/C9H13N5/c1-10-13-6-8-4-3-5-12-9(8)7-14-11-2/h3-7,10-11H,1-2H3. The van der Waals surface area contributed by atoms with Gasteiger partial charge in [0.2, 0.25) is 0 Å². The highest BCUT2D eigenvalue weighted by Crippen LogP contribution is 1.98. The average molecular weight is 191 g/mol. The number of rotatable bonds is 4. The average Bonchev–Trinajstić information content (AvgIpc) is 2.24. The van der Waals surface area contributed by atoms with Crippen molar-refractivity contribution in [2.24, 2.45) is 10.2 Å². The van der Waals surface area contributed by atoms with Crippen LogP contribution in [0.1, 0.15) is 11.3 Å². The summed E-state index contributed by atoms with van der Waals surface area (Å²) in [6.07, 6.45) is 5.06. The van der Waals surface area contributed by atoms with Gasteiger partial charge in [-0.05, 0) is 12.1 Å². The van der Waals surface area contributed by atoms with Crippen LogP contribution in [-0.2, 0) is 0 Å². The maximum Gasteiger partial charge on any atom is 0.0918 e. The third kappa shape index (κ3) is 2.85. The second-order valence-corrected chi connectivity index (χ2v) is 2.44. The zero-order valence-electron chi connectivity index (χ0n) is 8.23. The summed E-state index contributed by atoms with van der Waals surface area (Å²) in [6.45, 7) is 0. The summed E-state index contributed by atoms with van der Waals surface area (Å²) in [5, 5.41) is 7.80. The van der Waals surface area contributed by atoms with E-state index in [0.717, 1.165) is 11.3 Å². The van der Waals surface area contributed by atoms with Crippen molar-refractivity contribution < 1.29 is 0 Å². The molecule has 1 aromatic rings. The quantitative estimate of drug-likeness (QED) is 0.527. The van der Waals surface area contributed by atoms with Gasteiger partial charge < -0.3 is 10.9 Å². The lowest BCUT2D eigenvalue weighted by Crippen LogP contribution is -2.01. The second kappa shape index (κ2) is 5.69. The lowest BCUT2D eigenvalue weighted by molar-refractivity contribution is 0.904. The topological polar surface area (TPSA) is 61.7 Å². The fourth-order valence-corrected chi connectivity index (χ4v) is 0.907. The highest BCUT2D eigenvalue weighted by Gasteiger charge is 1.96. The molecule has 0 amide bonds. The molecule has 0 aliphatic carbocycles. The molecule has 0 radical (unpaired) electrons. The second-order valence-electron chi connectivity index (χ2n) is 2.44. The number of pyridine rings is 1. The van der Waals surface area contributed by atoms with Crippen LogP contribution in [0, 0.1) is 0 Å². The largest absolute Gasteiger partial charge is 0.313 e. The Morgan fingerprint density at radius 1 is 1.21 bits per heavy atom. The van der Waals surface area contributed by atoms with Crippen LogP contribution < -0.4 is 10.9 Å². The Kier molecular flexibility index (Phi) is 4.13. The van der Waals surface area contributed by atoms with Gasteiger partial charge in [0.05, 0.1) is 18.1 Å². The van der Waals surface area contributed by atoms with Gasteiger partial charge in [0.25, 0.3) is 0 Å². The fraction of sp³-hybridized carbons (Fsp3) is 0.222. The lowest BCUT2D eigenvalue weighted by Gasteiger charge is -1.97. The Balaban J connectivity index is 2.91. The maximum atomic E-state index is 4.16. The highest BCUT2D eigenvalue weighted by molar-refractivity contribution is 5.92. The van der Waals surface area contributed by atoms with Crippen LogP contribution in [0.25, 0.3) is 0 Å². The molecule has 0 spiro atoms. The highest BCUT2D eigenvalue weighted by atomic mass is 15.3. The number of hydrogen-bond acceptors (Lipinski definition) is 5. The van der Waals surface area contributed by atoms with E-state index in [9.17, 15) is 0 Å². The van der Waals surface area contributed by atoms with E-state index in [1.807, 2.05) is 12.1 Å². The number of hydrogen-bond donors (Lipinski definition) is 2. The van der Waals surface area contributed by atoms with Gasteiger partial charge in [-0.15, -0.1) is 0 Å². The first-order chi connectivity index (χ1) is 6.88. The van der Waals surface area contributed by atoms with E-state index in [2.05, 4.69) is 26.0 Å². The summed E-state index contributed by atoms with van der Waals surface area (Å²) in [7, 11) is 3.48. The molecule has 1 heterocycles. The van der Waals surface area contributed by atoms with E-state index in [0.29, 0.717) is 0 Å². The molecule has 0 bridgehead atoms. The van der Waals surface area contributed by atoms with Gasteiger partial charge >= 0.3 is 0 Å². The van der Waals surface area contributed by atoms with Crippen molar-refractivity contribution in [1.29, 1.82) is 0 Å². The molecule has 0 saturated heterocycles. The Hall–Kier alpha value is -1.91. The minimum Gasteiger partial charge on any atom is -0.313 e. The number of nitrogens with zero attached hydrogens (tertiary/aromatic N) is 3. The fourth-order valence-electron chi connectivity index (χ4n) is 0.907. The van der Waals surface area contributed by atoms with Crippen molar-refractivity contribution in [3.05, 3.63) is 29.6 Å². The summed E-state index contributed by atoms with van der Waals surface area (Å²) < 4.78 is 0. The first-order valence-electron chi connectivity index (χ1n) is 4.23. The van der Waals surface area contributed by atoms with Gasteiger partial charge in [0, 0.05) is 25.9 Å². The Labute approximate surface area is 82.9 Å². The smallest absolute Gasteiger partial charge is 0.0918 e. The summed E-state index contributed by atoms with van der Waals surface area (Å²) in [6, 6.07) is 3.78. The van der Waals surface area contributed by atoms with E-state index in [1.54, 1.807) is 32.7 Å². The zero-order chi connectivity index (χ0) is 10.2. The van der Waals surface area contributed by atoms with Crippen LogP contribution in [0.15, 0.2) is 28.5 Å². The van der Waals surface area contributed by atoms with Gasteiger partial charge in [0.15, 0.2) is 0 Å². The molecule has 14 heavy (non-hydrogen) atoms. The molecule has 5 nitrogen and oxygen atoms in total. The zero-order valence-corrected chi connectivity index (χ0v) is 8.23. The van der Waals surface area contributed by atoms with Gasteiger partial charge in [-0.1, -0.05) is 0 Å². The molecular weight excluding hydrogens is 178 g/mol. The summed E-state index contributed by atoms with van der Waals surface area (Å²) >= 11 is 0. The molecule has 74 valence electrons. The Morgan fingerprint density at radius 2 is 1.93 bits per heavy atom. The van der Waals surface area contributed by atoms with Crippen LogP contribution in [0.4, 0.5) is 0 Å². The molecular formula is C9H13N5. The molecule has 0 saturated carbocycles. The van der Waals surface area contributed by atoms with Crippen molar-refractivity contribution in [1.82, 2.24) is 15.8 Å². The SMILES string of the molecule is CNN=Cc1cccnc1C=NNC. The van der Waals surface area contributed by atoms with E-state index in [-0.39, 0.29) is 0 Å². The van der Waals surface area contributed by atoms with Gasteiger partial charge in [-0.3, -0.25) is 4.98 Å². The van der Waals surface area contributed by atoms with Crippen molar-refractivity contribution in [3.8, 4) is 0 Å². The van der Waals surface area contributed by atoms with Crippen molar-refractivity contribution in [3.63, 3.8) is 0 Å². The molecule has 0 aromatic carbocycles. The Bertz CT molecular complexity index is 299. The molecule has 0 fully saturated rings. The predicted molar refractivity (Wildman–Crippen MR) is 57.5 cm³/mol. The van der Waals surface area contributed by atoms with Crippen LogP contribution >= 0.6 is 0 Å². The first kappa shape index (κ1) is 10.2. The normalized spacial score (nSPS) is 11.0. The van der Waals surface area contributed by atoms with E-state index < -0.39 is 0 Å². The first-order valence-corrected chi connectivity index (χ1v) is 4.23. The molecule has 5 heteroatoms. The third-order valence-corrected chi connectivity index (χ3v) is 1.52. The number of hydrazone groups is 2. The molecule has 1 aromatic heterocycles. The molecule has 2 N–H and O–H groups in total. The molecule has 0 unspecified atom stereocenters. The number of nitrogens with one attached hydrogen (secondary N) is 2. The summed E-state index contributed by atoms with van der Waals surface area (Å²) in [5.74, 6) is 0. The van der Waals surface area contributed by atoms with Crippen molar-refractivity contribution in [2.45, 2.75) is 0 Å². The summed E-state index contributed by atoms with van der Waals surface area (Å²) in [4.78, 5) is 4.16. The molecule has 0 aliphatic heterocycles. The number of aromatic nitrogens is 1. The van der Waals surface area contributed by atoms with E-state index in [1.165, 1.54) is 0 Å². The Morgan fingerprint density at radius 3 is 2.64 bits per heavy atom. The molecule has 0 atom stereocenters. The van der Waals surface area contributed by atoms with E-state index in [4.69, 9.17) is 0 Å². The van der Waals surface area contributed by atoms with Crippen molar-refractivity contribution in [2.75, 3.05) is 14.1 Å². The maximum absolute atomic E-state index is 4.16. The lowest BCUT2D eigenvalue weighted by atomic mass is 10.2. The van der Waals surface area contributed by atoms with Crippen LogP contribution in [-0.4, -0.2) is 31.5 Å². The molecule has 0 aliphatic rings. The summed E-state index contributed by atoms with van der Waals surface area (Å²) in [5.41, 5.74) is 7.05. The van der Waals surface area contributed by atoms with E-state index >= 15 is 0 Å². The predicted octanol–water partition coefficient (Wildman–Crippen LogP) is 0.188. The van der Waals surface area contributed by atoms with Gasteiger partial charge in [0.1, 0.15) is 0 Å². The minimum absolute atomic E-state index is 0.779. The monoisotopic (exact) mass is 191 g/mol. The van der Waals surface area contributed by atoms with Crippen molar-refractivity contribution >= 4 is 12.4 Å². The minimum atomic E-state index is 0.779. The van der Waals surface area contributed by atoms with Crippen LogP contribution in [0.3, 0.4) is 0 Å². The third-order valence-electron chi connectivity index (χ3n) is 1.52. The van der Waals surface area contributed by atoms with Crippen LogP contribution in [0.5, 0.6) is 0 Å². The van der Waals surface area contributed by atoms with Crippen LogP contribution in [0.2, 0.25) is 0 Å². The molecule has 1 rings (SSSR count). The van der Waals surface area contributed by atoms with Gasteiger partial charge in [-0.25, -0.2) is 0 Å². The van der Waals surface area contributed by atoms with Gasteiger partial charge in [-0.2, -0.15) is 10.2 Å².